The van der Waals surface area contributed by atoms with Gasteiger partial charge in [-0.2, -0.15) is 5.26 Å². The smallest absolute Gasteiger partial charge is 0.410 e. The number of amides is 1. The van der Waals surface area contributed by atoms with E-state index in [1.807, 2.05) is 20.8 Å². The van der Waals surface area contributed by atoms with Crippen LogP contribution < -0.4 is 4.74 Å². The lowest BCUT2D eigenvalue weighted by Crippen LogP contribution is -2.42. The van der Waals surface area contributed by atoms with Crippen LogP contribution >= 0.6 is 39.3 Å². The molecule has 0 aliphatic carbocycles. The molecule has 6 nitrogen and oxygen atoms in total. The predicted molar refractivity (Wildman–Crippen MR) is 156 cm³/mol. The minimum Gasteiger partial charge on any atom is -0.508 e. The summed E-state index contributed by atoms with van der Waals surface area (Å²) in [7, 11) is 0. The normalized spacial score (nSPS) is 14.4. The Bertz CT molecular complexity index is 1040. The van der Waals surface area contributed by atoms with Crippen LogP contribution in [-0.4, -0.2) is 44.9 Å². The minimum atomic E-state index is -0.512. The van der Waals surface area contributed by atoms with Crippen LogP contribution in [0.2, 0.25) is 5.02 Å². The molecule has 204 valence electrons. The van der Waals surface area contributed by atoms with Gasteiger partial charge in [0.15, 0.2) is 0 Å². The SMILES string of the molecule is C.CC(C)(C)OC(=O)N1CCC(Sc2cc(C#N)ccc2Oc2cc(O)cc(Cl)c2)CC1.CCC(C)Br. The highest BCUT2D eigenvalue weighted by Crippen LogP contribution is 2.40. The summed E-state index contributed by atoms with van der Waals surface area (Å²) < 4.78 is 11.4. The maximum absolute atomic E-state index is 12.3. The Morgan fingerprint density at radius 1 is 1.27 bits per heavy atom. The largest absolute Gasteiger partial charge is 0.508 e. The summed E-state index contributed by atoms with van der Waals surface area (Å²) in [4.78, 5) is 15.5. The molecule has 3 rings (SSSR count). The molecule has 1 atom stereocenters. The lowest BCUT2D eigenvalue weighted by atomic mass is 10.1. The Balaban J connectivity index is 0.00000104. The van der Waals surface area contributed by atoms with Crippen LogP contribution in [0.3, 0.4) is 0 Å². The molecule has 1 aliphatic rings. The van der Waals surface area contributed by atoms with E-state index in [1.54, 1.807) is 40.9 Å². The van der Waals surface area contributed by atoms with Crippen molar-refractivity contribution in [2.45, 2.75) is 81.9 Å². The Hall–Kier alpha value is -2.08. The van der Waals surface area contributed by atoms with E-state index < -0.39 is 5.60 Å². The minimum absolute atomic E-state index is 0. The van der Waals surface area contributed by atoms with Crippen molar-refractivity contribution in [1.82, 2.24) is 4.90 Å². The van der Waals surface area contributed by atoms with Gasteiger partial charge in [-0.05, 0) is 70.4 Å². The highest BCUT2D eigenvalue weighted by atomic mass is 79.9. The van der Waals surface area contributed by atoms with E-state index in [2.05, 4.69) is 35.8 Å². The molecule has 1 N–H and O–H groups in total. The summed E-state index contributed by atoms with van der Waals surface area (Å²) in [6.07, 6.45) is 2.54. The number of phenolic OH excluding ortho intramolecular Hbond substituents is 1. The van der Waals surface area contributed by atoms with Crippen LogP contribution in [0.5, 0.6) is 17.2 Å². The number of piperidine rings is 1. The van der Waals surface area contributed by atoms with E-state index in [4.69, 9.17) is 21.1 Å². The number of nitrogens with zero attached hydrogens (tertiary/aromatic N) is 2. The van der Waals surface area contributed by atoms with E-state index >= 15 is 0 Å². The molecule has 2 aromatic carbocycles. The number of benzene rings is 2. The van der Waals surface area contributed by atoms with Crippen molar-refractivity contribution in [1.29, 1.82) is 5.26 Å². The molecule has 0 aromatic heterocycles. The number of nitriles is 1. The van der Waals surface area contributed by atoms with E-state index in [0.29, 0.717) is 40.0 Å². The first-order valence-corrected chi connectivity index (χ1v) is 14.1. The van der Waals surface area contributed by atoms with Crippen molar-refractivity contribution in [3.8, 4) is 23.3 Å². The average Bonchev–Trinajstić information content (AvgIpc) is 2.79. The Labute approximate surface area is 239 Å². The molecule has 0 spiro atoms. The first-order chi connectivity index (χ1) is 16.9. The molecule has 1 heterocycles. The standard InChI is InChI=1S/C23H25ClN2O4S.C4H9Br.CH4/c1-23(2,3)30-22(28)26-8-6-19(7-9-26)31-21-10-15(14-25)4-5-20(21)29-18-12-16(24)11-17(27)13-18;1-3-4(2)5;/h4-5,10-13,19,27H,6-9H2,1-3H3;4H,3H2,1-2H3;1H4. The maximum Gasteiger partial charge on any atom is 0.410 e. The predicted octanol–water partition coefficient (Wildman–Crippen LogP) is 9.02. The lowest BCUT2D eigenvalue weighted by molar-refractivity contribution is 0.0219. The van der Waals surface area contributed by atoms with E-state index in [1.165, 1.54) is 18.6 Å². The fourth-order valence-electron chi connectivity index (χ4n) is 3.15. The summed E-state index contributed by atoms with van der Waals surface area (Å²) >= 11 is 11.0. The number of carbonyl (C=O) groups excluding carboxylic acids is 1. The number of rotatable bonds is 5. The van der Waals surface area contributed by atoms with E-state index in [-0.39, 0.29) is 24.5 Å². The first kappa shape index (κ1) is 32.9. The molecule has 1 unspecified atom stereocenters. The fraction of sp³-hybridized carbons (Fsp3) is 0.500. The first-order valence-electron chi connectivity index (χ1n) is 11.9. The van der Waals surface area contributed by atoms with Crippen molar-refractivity contribution in [3.05, 3.63) is 47.0 Å². The Morgan fingerprint density at radius 3 is 2.41 bits per heavy atom. The highest BCUT2D eigenvalue weighted by Gasteiger charge is 2.28. The third kappa shape index (κ3) is 11.9. The monoisotopic (exact) mass is 612 g/mol. The van der Waals surface area contributed by atoms with Gasteiger partial charge in [-0.3, -0.25) is 0 Å². The number of halogens is 2. The highest BCUT2D eigenvalue weighted by molar-refractivity contribution is 9.09. The summed E-state index contributed by atoms with van der Waals surface area (Å²) in [6, 6.07) is 11.9. The maximum atomic E-state index is 12.3. The zero-order chi connectivity index (χ0) is 26.9. The van der Waals surface area contributed by atoms with Crippen LogP contribution in [0, 0.1) is 11.3 Å². The number of likely N-dealkylation sites (tertiary alicyclic amines) is 1. The van der Waals surface area contributed by atoms with Crippen LogP contribution in [0.25, 0.3) is 0 Å². The van der Waals surface area contributed by atoms with Crippen molar-refractivity contribution in [2.24, 2.45) is 0 Å². The van der Waals surface area contributed by atoms with Gasteiger partial charge < -0.3 is 19.5 Å². The van der Waals surface area contributed by atoms with Crippen molar-refractivity contribution in [3.63, 3.8) is 0 Å². The second-order valence-electron chi connectivity index (χ2n) is 9.49. The molecule has 2 aromatic rings. The number of phenols is 1. The average molecular weight is 614 g/mol. The van der Waals surface area contributed by atoms with Gasteiger partial charge in [0.1, 0.15) is 22.8 Å². The number of aromatic hydroxyl groups is 1. The van der Waals surface area contributed by atoms with Crippen LogP contribution in [0.15, 0.2) is 41.3 Å². The van der Waals surface area contributed by atoms with Gasteiger partial charge >= 0.3 is 6.09 Å². The number of hydrogen-bond donors (Lipinski definition) is 1. The topological polar surface area (TPSA) is 82.8 Å². The van der Waals surface area contributed by atoms with Gasteiger partial charge in [0, 0.05) is 34.3 Å². The Kier molecular flexibility index (Phi) is 13.7. The summed E-state index contributed by atoms with van der Waals surface area (Å²) in [5.41, 5.74) is 0.0245. The summed E-state index contributed by atoms with van der Waals surface area (Å²) in [6.45, 7) is 11.1. The van der Waals surface area contributed by atoms with Crippen LogP contribution in [0.1, 0.15) is 66.9 Å². The van der Waals surface area contributed by atoms with Crippen LogP contribution in [-0.2, 0) is 4.74 Å². The molecule has 1 amide bonds. The van der Waals surface area contributed by atoms with E-state index in [0.717, 1.165) is 17.7 Å². The molecule has 1 saturated heterocycles. The molecule has 0 saturated carbocycles. The Morgan fingerprint density at radius 2 is 1.89 bits per heavy atom. The zero-order valence-corrected chi connectivity index (χ0v) is 24.5. The molecule has 9 heteroatoms. The number of hydrogen-bond acceptors (Lipinski definition) is 6. The van der Waals surface area contributed by atoms with Gasteiger partial charge in [-0.15, -0.1) is 11.8 Å². The summed E-state index contributed by atoms with van der Waals surface area (Å²) in [5, 5.41) is 19.7. The number of carbonyl (C=O) groups is 1. The number of ether oxygens (including phenoxy) is 2. The fourth-order valence-corrected chi connectivity index (χ4v) is 4.60. The van der Waals surface area contributed by atoms with E-state index in [9.17, 15) is 15.2 Å². The van der Waals surface area contributed by atoms with Gasteiger partial charge in [0.2, 0.25) is 0 Å². The quantitative estimate of drug-likeness (QED) is 0.339. The van der Waals surface area contributed by atoms with Crippen molar-refractivity contribution in [2.75, 3.05) is 13.1 Å². The molecule has 37 heavy (non-hydrogen) atoms. The number of alkyl halides is 1. The third-order valence-electron chi connectivity index (χ3n) is 5.11. The molecule has 0 bridgehead atoms. The second kappa shape index (κ2) is 15.4. The molecule has 1 aliphatic heterocycles. The lowest BCUT2D eigenvalue weighted by Gasteiger charge is -2.33. The zero-order valence-electron chi connectivity index (χ0n) is 21.4. The number of thioether (sulfide) groups is 1. The molecule has 1 fully saturated rings. The van der Waals surface area contributed by atoms with Crippen molar-refractivity contribution < 1.29 is 19.4 Å². The second-order valence-corrected chi connectivity index (χ2v) is 12.8. The third-order valence-corrected chi connectivity index (χ3v) is 7.35. The van der Waals surface area contributed by atoms with Crippen LogP contribution in [0.4, 0.5) is 4.79 Å². The van der Waals surface area contributed by atoms with Gasteiger partial charge in [-0.25, -0.2) is 4.79 Å². The van der Waals surface area contributed by atoms with Gasteiger partial charge in [0.05, 0.1) is 16.5 Å². The summed E-state index contributed by atoms with van der Waals surface area (Å²) in [5.74, 6) is 1.01. The molecular formula is C28H38BrClN2O4S. The van der Waals surface area contributed by atoms with Gasteiger partial charge in [-0.1, -0.05) is 48.8 Å². The van der Waals surface area contributed by atoms with Gasteiger partial charge in [0.25, 0.3) is 0 Å². The molecule has 0 radical (unpaired) electrons. The van der Waals surface area contributed by atoms with Crippen molar-refractivity contribution >= 4 is 45.4 Å². The molecular weight excluding hydrogens is 576 g/mol.